The molecule has 0 aromatic rings. The number of thiocarbonyl (C=S) groups is 1. The quantitative estimate of drug-likeness (QED) is 0.399. The van der Waals surface area contributed by atoms with Crippen LogP contribution < -0.4 is 0 Å². The van der Waals surface area contributed by atoms with Crippen LogP contribution in [0.15, 0.2) is 0 Å². The number of hydrogen-bond acceptors (Lipinski definition) is 3. The first-order chi connectivity index (χ1) is 5.52. The Kier molecular flexibility index (Phi) is 4.17. The lowest BCUT2D eigenvalue weighted by Gasteiger charge is -2.29. The Hall–Kier alpha value is 1.03. The van der Waals surface area contributed by atoms with Gasteiger partial charge in [-0.05, 0) is 41.6 Å². The standard InChI is InChI=1S/C6H11NS5/c8-6(12(9,10)11)7-4-2-1-3-5-7/h1-5H2,(H,9,10,11). The molecule has 1 rings (SSSR count). The van der Waals surface area contributed by atoms with Crippen LogP contribution in [-0.2, 0) is 28.6 Å². The van der Waals surface area contributed by atoms with Gasteiger partial charge in [-0.2, -0.15) is 0 Å². The summed E-state index contributed by atoms with van der Waals surface area (Å²) >= 11 is 19.5. The molecule has 6 heteroatoms. The molecular weight excluding hydrogens is 246 g/mol. The monoisotopic (exact) mass is 257 g/mol. The first kappa shape index (κ1) is 11.1. The van der Waals surface area contributed by atoms with Crippen LogP contribution in [-0.4, -0.2) is 22.3 Å². The zero-order valence-electron chi connectivity index (χ0n) is 6.56. The maximum absolute atomic E-state index is 5.19. The van der Waals surface area contributed by atoms with Gasteiger partial charge >= 0.3 is 0 Å². The van der Waals surface area contributed by atoms with Crippen molar-refractivity contribution < 1.29 is 0 Å². The van der Waals surface area contributed by atoms with Gasteiger partial charge in [0.15, 0.2) is 4.32 Å². The van der Waals surface area contributed by atoms with Gasteiger partial charge in [0.05, 0.1) is 0 Å². The van der Waals surface area contributed by atoms with Crippen molar-refractivity contribution in [2.45, 2.75) is 19.3 Å². The third-order valence-electron chi connectivity index (χ3n) is 1.83. The van der Waals surface area contributed by atoms with E-state index in [1.165, 1.54) is 19.3 Å². The van der Waals surface area contributed by atoms with Crippen molar-refractivity contribution in [1.82, 2.24) is 4.90 Å². The number of thiol groups is 1. The molecular formula is C6H11NS5. The van der Waals surface area contributed by atoms with Gasteiger partial charge in [-0.25, -0.2) is 0 Å². The minimum Gasteiger partial charge on any atom is -0.356 e. The predicted molar refractivity (Wildman–Crippen MR) is 69.1 cm³/mol. The number of likely N-dealkylation sites (tertiary alicyclic amines) is 1. The minimum absolute atomic E-state index is 0.718. The Morgan fingerprint density at radius 3 is 2.08 bits per heavy atom. The highest BCUT2D eigenvalue weighted by Crippen LogP contribution is 2.14. The summed E-state index contributed by atoms with van der Waals surface area (Å²) in [6.45, 7) is 2.03. The van der Waals surface area contributed by atoms with Crippen molar-refractivity contribution in [3.63, 3.8) is 0 Å². The van der Waals surface area contributed by atoms with Crippen LogP contribution in [0, 0.1) is 0 Å². The highest BCUT2D eigenvalue weighted by atomic mass is 33.5. The van der Waals surface area contributed by atoms with Crippen LogP contribution in [0.4, 0.5) is 0 Å². The summed E-state index contributed by atoms with van der Waals surface area (Å²) in [5.41, 5.74) is 0. The molecule has 1 aliphatic heterocycles. The first-order valence-electron chi connectivity index (χ1n) is 3.78. The van der Waals surface area contributed by atoms with Gasteiger partial charge in [-0.15, -0.1) is 0 Å². The van der Waals surface area contributed by atoms with Crippen LogP contribution in [0.25, 0.3) is 0 Å². The fourth-order valence-corrected chi connectivity index (χ4v) is 2.91. The van der Waals surface area contributed by atoms with Crippen LogP contribution >= 0.6 is 23.9 Å². The molecule has 1 aliphatic rings. The van der Waals surface area contributed by atoms with Gasteiger partial charge in [0, 0.05) is 19.3 Å². The van der Waals surface area contributed by atoms with E-state index in [2.05, 4.69) is 16.6 Å². The summed E-state index contributed by atoms with van der Waals surface area (Å²) in [4.78, 5) is 2.13. The summed E-state index contributed by atoms with van der Waals surface area (Å²) in [7, 11) is 0. The lowest BCUT2D eigenvalue weighted by Crippen LogP contribution is -2.36. The van der Waals surface area contributed by atoms with E-state index in [1.807, 2.05) is 0 Å². The van der Waals surface area contributed by atoms with E-state index in [4.69, 9.17) is 34.6 Å². The summed E-state index contributed by atoms with van der Waals surface area (Å²) in [6.07, 6.45) is 1.92. The van der Waals surface area contributed by atoms with E-state index in [-0.39, 0.29) is 0 Å². The second kappa shape index (κ2) is 4.50. The summed E-state index contributed by atoms with van der Waals surface area (Å²) in [5, 5.41) is 0. The van der Waals surface area contributed by atoms with Crippen LogP contribution in [0.2, 0.25) is 0 Å². The largest absolute Gasteiger partial charge is 0.356 e. The second-order valence-corrected chi connectivity index (χ2v) is 11.5. The maximum Gasteiger partial charge on any atom is 0.153 e. The van der Waals surface area contributed by atoms with Crippen molar-refractivity contribution in [3.8, 4) is 0 Å². The Bertz CT molecular complexity index is 262. The van der Waals surface area contributed by atoms with Crippen LogP contribution in [0.1, 0.15) is 19.3 Å². The van der Waals surface area contributed by atoms with E-state index in [9.17, 15) is 0 Å². The minimum atomic E-state index is -1.78. The molecule has 0 atom stereocenters. The Morgan fingerprint density at radius 2 is 1.67 bits per heavy atom. The average Bonchev–Trinajstić information content (AvgIpc) is 2.03. The van der Waals surface area contributed by atoms with E-state index in [0.717, 1.165) is 17.4 Å². The molecule has 1 saturated heterocycles. The molecule has 0 saturated carbocycles. The van der Waals surface area contributed by atoms with Gasteiger partial charge in [0.1, 0.15) is 0 Å². The molecule has 0 bridgehead atoms. The molecule has 0 spiro atoms. The van der Waals surface area contributed by atoms with Crippen LogP contribution in [0.3, 0.4) is 0 Å². The molecule has 1 heterocycles. The molecule has 70 valence electrons. The lowest BCUT2D eigenvalue weighted by molar-refractivity contribution is 0.352. The normalized spacial score (nSPS) is 19.2. The molecule has 0 radical (unpaired) electrons. The number of hydrogen-bond donors (Lipinski definition) is 1. The molecule has 1 fully saturated rings. The Labute approximate surface area is 93.5 Å². The number of piperidine rings is 1. The van der Waals surface area contributed by atoms with Crippen LogP contribution in [0.5, 0.6) is 0 Å². The Balaban J connectivity index is 2.64. The summed E-state index contributed by atoms with van der Waals surface area (Å²) < 4.78 is 0.718. The molecule has 0 amide bonds. The highest BCUT2D eigenvalue weighted by molar-refractivity contribution is 8.99. The molecule has 0 unspecified atom stereocenters. The topological polar surface area (TPSA) is 3.24 Å². The summed E-state index contributed by atoms with van der Waals surface area (Å²) in [5.74, 6) is 0. The molecule has 0 aromatic heterocycles. The zero-order valence-corrected chi connectivity index (χ0v) is 10.7. The molecule has 12 heavy (non-hydrogen) atoms. The van der Waals surface area contributed by atoms with Crippen molar-refractivity contribution >= 4 is 56.8 Å². The van der Waals surface area contributed by atoms with Gasteiger partial charge in [0.2, 0.25) is 0 Å². The van der Waals surface area contributed by atoms with E-state index >= 15 is 0 Å². The lowest BCUT2D eigenvalue weighted by atomic mass is 10.1. The van der Waals surface area contributed by atoms with E-state index < -0.39 is 6.18 Å². The molecule has 0 aromatic carbocycles. The third kappa shape index (κ3) is 3.06. The third-order valence-corrected chi connectivity index (χ3v) is 6.01. The van der Waals surface area contributed by atoms with Gasteiger partial charge in [0.25, 0.3) is 0 Å². The van der Waals surface area contributed by atoms with Crippen molar-refractivity contribution in [2.24, 2.45) is 0 Å². The van der Waals surface area contributed by atoms with Crippen molar-refractivity contribution in [3.05, 3.63) is 0 Å². The predicted octanol–water partition coefficient (Wildman–Crippen LogP) is 1.68. The van der Waals surface area contributed by atoms with Gasteiger partial charge < -0.3 is 4.90 Å². The fourth-order valence-electron chi connectivity index (χ4n) is 1.24. The zero-order chi connectivity index (χ0) is 9.19. The maximum atomic E-state index is 5.19. The van der Waals surface area contributed by atoms with Crippen molar-refractivity contribution in [2.75, 3.05) is 13.1 Å². The average molecular weight is 257 g/mol. The molecule has 0 aliphatic carbocycles. The highest BCUT2D eigenvalue weighted by Gasteiger charge is 2.16. The summed E-state index contributed by atoms with van der Waals surface area (Å²) in [6, 6.07) is 0. The Morgan fingerprint density at radius 1 is 1.17 bits per heavy atom. The SMILES string of the molecule is S=C(N1CCCCC1)S(=S)(=S)S. The number of rotatable bonds is 0. The van der Waals surface area contributed by atoms with Gasteiger partial charge in [-0.1, -0.05) is 23.9 Å². The molecule has 1 nitrogen and oxygen atoms in total. The first-order valence-corrected chi connectivity index (χ1v) is 8.72. The number of nitrogens with zero attached hydrogens (tertiary/aromatic N) is 1. The van der Waals surface area contributed by atoms with E-state index in [0.29, 0.717) is 0 Å². The van der Waals surface area contributed by atoms with Gasteiger partial charge in [-0.3, -0.25) is 0 Å². The fraction of sp³-hybridized carbons (Fsp3) is 0.833. The smallest absolute Gasteiger partial charge is 0.153 e. The second-order valence-electron chi connectivity index (χ2n) is 2.79. The molecule has 0 N–H and O–H groups in total. The van der Waals surface area contributed by atoms with E-state index in [1.54, 1.807) is 0 Å². The van der Waals surface area contributed by atoms with Crippen molar-refractivity contribution in [1.29, 1.82) is 0 Å².